The van der Waals surface area contributed by atoms with Gasteiger partial charge < -0.3 is 0 Å². The van der Waals surface area contributed by atoms with Gasteiger partial charge in [-0.3, -0.25) is 0 Å². The first-order valence-electron chi connectivity index (χ1n) is 4.83. The van der Waals surface area contributed by atoms with Crippen molar-refractivity contribution in [3.05, 3.63) is 46.5 Å². The van der Waals surface area contributed by atoms with Crippen molar-refractivity contribution in [3.8, 4) is 0 Å². The monoisotopic (exact) mass is 174 g/mol. The summed E-state index contributed by atoms with van der Waals surface area (Å²) in [7, 11) is 0. The van der Waals surface area contributed by atoms with Gasteiger partial charge in [-0.15, -0.1) is 0 Å². The Morgan fingerprint density at radius 3 is 2.46 bits per heavy atom. The zero-order chi connectivity index (χ0) is 9.84. The Bertz CT molecular complexity index is 319. The van der Waals surface area contributed by atoms with E-state index in [-0.39, 0.29) is 0 Å². The molecular formula is C13H18. The fourth-order valence-electron chi connectivity index (χ4n) is 1.58. The molecular weight excluding hydrogens is 156 g/mol. The fourth-order valence-corrected chi connectivity index (χ4v) is 1.58. The lowest BCUT2D eigenvalue weighted by Crippen LogP contribution is -1.92. The minimum atomic E-state index is 1.06. The van der Waals surface area contributed by atoms with Gasteiger partial charge in [0.2, 0.25) is 0 Å². The topological polar surface area (TPSA) is 0 Å². The van der Waals surface area contributed by atoms with Gasteiger partial charge in [0.1, 0.15) is 0 Å². The summed E-state index contributed by atoms with van der Waals surface area (Å²) < 4.78 is 0. The molecule has 0 heterocycles. The number of benzene rings is 1. The number of rotatable bonds is 2. The molecule has 0 unspecified atom stereocenters. The molecule has 0 aliphatic carbocycles. The predicted molar refractivity (Wildman–Crippen MR) is 59.2 cm³/mol. The Labute approximate surface area is 81.3 Å². The molecule has 1 aromatic carbocycles. The molecule has 70 valence electrons. The highest BCUT2D eigenvalue weighted by Crippen LogP contribution is 2.16. The van der Waals surface area contributed by atoms with Gasteiger partial charge in [0, 0.05) is 0 Å². The normalized spacial score (nSPS) is 11.1. The zero-order valence-corrected chi connectivity index (χ0v) is 9.02. The molecule has 0 aliphatic heterocycles. The maximum atomic E-state index is 2.28. The van der Waals surface area contributed by atoms with Crippen LogP contribution in [0.2, 0.25) is 0 Å². The lowest BCUT2D eigenvalue weighted by molar-refractivity contribution is 1.16. The summed E-state index contributed by atoms with van der Waals surface area (Å²) in [5.74, 6) is 0. The van der Waals surface area contributed by atoms with Crippen molar-refractivity contribution in [1.82, 2.24) is 0 Å². The third-order valence-electron chi connectivity index (χ3n) is 2.49. The molecule has 1 aromatic rings. The molecule has 0 fully saturated rings. The smallest absolute Gasteiger partial charge is 0.00947 e. The average molecular weight is 174 g/mol. The lowest BCUT2D eigenvalue weighted by Gasteiger charge is -2.08. The van der Waals surface area contributed by atoms with Crippen LogP contribution in [0.15, 0.2) is 24.3 Å². The van der Waals surface area contributed by atoms with Gasteiger partial charge in [0.05, 0.1) is 0 Å². The van der Waals surface area contributed by atoms with Gasteiger partial charge >= 0.3 is 0 Å². The van der Waals surface area contributed by atoms with Gasteiger partial charge in [-0.2, -0.15) is 0 Å². The van der Waals surface area contributed by atoms with Crippen LogP contribution < -0.4 is 0 Å². The minimum absolute atomic E-state index is 1.06. The minimum Gasteiger partial charge on any atom is -0.0913 e. The summed E-state index contributed by atoms with van der Waals surface area (Å²) in [4.78, 5) is 0. The molecule has 0 heteroatoms. The van der Waals surface area contributed by atoms with E-state index in [2.05, 4.69) is 52.0 Å². The van der Waals surface area contributed by atoms with Crippen molar-refractivity contribution in [2.45, 2.75) is 34.1 Å². The average Bonchev–Trinajstić information content (AvgIpc) is 2.09. The molecule has 0 radical (unpaired) electrons. The van der Waals surface area contributed by atoms with Crippen LogP contribution in [-0.4, -0.2) is 0 Å². The highest BCUT2D eigenvalue weighted by atomic mass is 14.1. The van der Waals surface area contributed by atoms with Crippen LogP contribution in [0.4, 0.5) is 0 Å². The van der Waals surface area contributed by atoms with E-state index in [1.807, 2.05) is 0 Å². The van der Waals surface area contributed by atoms with Crippen molar-refractivity contribution in [2.75, 3.05) is 0 Å². The first-order valence-corrected chi connectivity index (χ1v) is 4.83. The summed E-state index contributed by atoms with van der Waals surface area (Å²) in [6.07, 6.45) is 5.38. The van der Waals surface area contributed by atoms with Gasteiger partial charge in [-0.05, 0) is 50.8 Å². The SMILES string of the molecule is CC=CCc1cc(C)cc(C)c1C. The molecule has 0 aliphatic rings. The second kappa shape index (κ2) is 4.27. The van der Waals surface area contributed by atoms with Crippen molar-refractivity contribution in [3.63, 3.8) is 0 Å². The zero-order valence-electron chi connectivity index (χ0n) is 9.02. The Kier molecular flexibility index (Phi) is 3.30. The number of allylic oxidation sites excluding steroid dienone is 2. The van der Waals surface area contributed by atoms with Crippen molar-refractivity contribution in [2.24, 2.45) is 0 Å². The van der Waals surface area contributed by atoms with Gasteiger partial charge in [0.25, 0.3) is 0 Å². The Morgan fingerprint density at radius 2 is 1.85 bits per heavy atom. The summed E-state index contributed by atoms with van der Waals surface area (Å²) >= 11 is 0. The van der Waals surface area contributed by atoms with Crippen LogP contribution in [0, 0.1) is 20.8 Å². The molecule has 0 spiro atoms. The Balaban J connectivity index is 3.05. The summed E-state index contributed by atoms with van der Waals surface area (Å²) in [6, 6.07) is 4.52. The van der Waals surface area contributed by atoms with E-state index in [4.69, 9.17) is 0 Å². The maximum Gasteiger partial charge on any atom is -0.00947 e. The number of hydrogen-bond acceptors (Lipinski definition) is 0. The van der Waals surface area contributed by atoms with Gasteiger partial charge in [-0.25, -0.2) is 0 Å². The van der Waals surface area contributed by atoms with E-state index in [1.165, 1.54) is 22.3 Å². The van der Waals surface area contributed by atoms with Crippen LogP contribution in [0.3, 0.4) is 0 Å². The van der Waals surface area contributed by atoms with E-state index in [9.17, 15) is 0 Å². The first kappa shape index (κ1) is 10.0. The molecule has 0 bridgehead atoms. The molecule has 1 rings (SSSR count). The van der Waals surface area contributed by atoms with E-state index in [1.54, 1.807) is 0 Å². The molecule has 0 amide bonds. The number of aryl methyl sites for hydroxylation is 2. The summed E-state index contributed by atoms with van der Waals surface area (Å²) in [5.41, 5.74) is 5.65. The molecule has 0 saturated heterocycles. The highest BCUT2D eigenvalue weighted by molar-refractivity contribution is 5.38. The molecule has 0 atom stereocenters. The fraction of sp³-hybridized carbons (Fsp3) is 0.385. The highest BCUT2D eigenvalue weighted by Gasteiger charge is 2.00. The molecule has 13 heavy (non-hydrogen) atoms. The van der Waals surface area contributed by atoms with Crippen LogP contribution in [-0.2, 0) is 6.42 Å². The Hall–Kier alpha value is -1.04. The van der Waals surface area contributed by atoms with Crippen LogP contribution >= 0.6 is 0 Å². The molecule has 0 aromatic heterocycles. The predicted octanol–water partition coefficient (Wildman–Crippen LogP) is 3.73. The number of hydrogen-bond donors (Lipinski definition) is 0. The second-order valence-electron chi connectivity index (χ2n) is 3.64. The maximum absolute atomic E-state index is 2.28. The van der Waals surface area contributed by atoms with Crippen LogP contribution in [0.5, 0.6) is 0 Å². The molecule has 0 saturated carbocycles. The van der Waals surface area contributed by atoms with E-state index in [0.29, 0.717) is 0 Å². The quantitative estimate of drug-likeness (QED) is 0.599. The first-order chi connectivity index (χ1) is 6.15. The van der Waals surface area contributed by atoms with E-state index >= 15 is 0 Å². The van der Waals surface area contributed by atoms with Crippen molar-refractivity contribution < 1.29 is 0 Å². The van der Waals surface area contributed by atoms with Crippen molar-refractivity contribution in [1.29, 1.82) is 0 Å². The molecule has 0 nitrogen and oxygen atoms in total. The van der Waals surface area contributed by atoms with E-state index in [0.717, 1.165) is 6.42 Å². The largest absolute Gasteiger partial charge is 0.0913 e. The lowest BCUT2D eigenvalue weighted by atomic mass is 9.98. The van der Waals surface area contributed by atoms with E-state index < -0.39 is 0 Å². The Morgan fingerprint density at radius 1 is 1.15 bits per heavy atom. The summed E-state index contributed by atoms with van der Waals surface area (Å²) in [5, 5.41) is 0. The van der Waals surface area contributed by atoms with Crippen LogP contribution in [0.25, 0.3) is 0 Å². The van der Waals surface area contributed by atoms with Gasteiger partial charge in [0.15, 0.2) is 0 Å². The standard InChI is InChI=1S/C13H18/c1-5-6-7-13-9-10(2)8-11(3)12(13)4/h5-6,8-9H,7H2,1-4H3. The third-order valence-corrected chi connectivity index (χ3v) is 2.49. The molecule has 0 N–H and O–H groups in total. The second-order valence-corrected chi connectivity index (χ2v) is 3.64. The van der Waals surface area contributed by atoms with Gasteiger partial charge in [-0.1, -0.05) is 29.8 Å². The van der Waals surface area contributed by atoms with Crippen molar-refractivity contribution >= 4 is 0 Å². The van der Waals surface area contributed by atoms with Crippen LogP contribution in [0.1, 0.15) is 29.2 Å². The third kappa shape index (κ3) is 2.45. The summed E-state index contributed by atoms with van der Waals surface area (Å²) in [6.45, 7) is 8.61.